The Kier molecular flexibility index (Phi) is 6.73. The number of carboxylic acids is 1. The largest absolute Gasteiger partial charge is 0.490 e. The van der Waals surface area contributed by atoms with E-state index in [0.717, 1.165) is 16.3 Å². The molecule has 0 saturated heterocycles. The Morgan fingerprint density at radius 1 is 0.821 bits per heavy atom. The fourth-order valence-corrected chi connectivity index (χ4v) is 3.09. The number of fused-ring (bicyclic) bond motifs is 1. The van der Waals surface area contributed by atoms with Gasteiger partial charge in [0.2, 0.25) is 0 Å². The zero-order chi connectivity index (χ0) is 19.8. The Balaban J connectivity index is 1.68. The van der Waals surface area contributed by atoms with E-state index in [2.05, 4.69) is 0 Å². The van der Waals surface area contributed by atoms with Crippen LogP contribution in [-0.2, 0) is 11.2 Å². The minimum Gasteiger partial charge on any atom is -0.490 e. The number of hydrogen-bond acceptors (Lipinski definition) is 4. The summed E-state index contributed by atoms with van der Waals surface area (Å²) in [6, 6.07) is 19.3. The second kappa shape index (κ2) is 9.65. The molecule has 0 heterocycles. The van der Waals surface area contributed by atoms with Crippen LogP contribution in [0.2, 0.25) is 0 Å². The second-order valence-corrected chi connectivity index (χ2v) is 6.23. The fraction of sp³-hybridized carbons (Fsp3) is 0.261. The molecule has 1 N–H and O–H groups in total. The molecule has 0 aliphatic carbocycles. The first-order valence-corrected chi connectivity index (χ1v) is 9.39. The fourth-order valence-electron chi connectivity index (χ4n) is 3.09. The highest BCUT2D eigenvalue weighted by Crippen LogP contribution is 2.30. The van der Waals surface area contributed by atoms with Gasteiger partial charge >= 0.3 is 5.97 Å². The molecule has 0 radical (unpaired) electrons. The topological polar surface area (TPSA) is 65.0 Å². The van der Waals surface area contributed by atoms with Crippen molar-refractivity contribution in [3.63, 3.8) is 0 Å². The molecule has 3 rings (SSSR count). The Morgan fingerprint density at radius 3 is 2.18 bits per heavy atom. The molecule has 0 atom stereocenters. The van der Waals surface area contributed by atoms with Gasteiger partial charge in [0.05, 0.1) is 6.61 Å². The maximum absolute atomic E-state index is 11.0. The lowest BCUT2D eigenvalue weighted by atomic mass is 10.00. The van der Waals surface area contributed by atoms with Crippen molar-refractivity contribution >= 4 is 16.7 Å². The van der Waals surface area contributed by atoms with Gasteiger partial charge in [0, 0.05) is 12.0 Å². The van der Waals surface area contributed by atoms with Crippen LogP contribution in [0.1, 0.15) is 18.9 Å². The molecule has 0 bridgehead atoms. The molecule has 0 unspecified atom stereocenters. The van der Waals surface area contributed by atoms with E-state index in [9.17, 15) is 4.79 Å². The quantitative estimate of drug-likeness (QED) is 0.516. The highest BCUT2D eigenvalue weighted by atomic mass is 16.5. The van der Waals surface area contributed by atoms with Gasteiger partial charge in [-0.25, -0.2) is 0 Å². The molecule has 5 nitrogen and oxygen atoms in total. The third kappa shape index (κ3) is 4.94. The zero-order valence-electron chi connectivity index (χ0n) is 15.9. The molecular weight excluding hydrogens is 356 g/mol. The molecule has 0 aliphatic heterocycles. The highest BCUT2D eigenvalue weighted by Gasteiger charge is 2.11. The van der Waals surface area contributed by atoms with Gasteiger partial charge in [-0.3, -0.25) is 4.79 Å². The van der Waals surface area contributed by atoms with E-state index in [-0.39, 0.29) is 6.42 Å². The first-order valence-electron chi connectivity index (χ1n) is 9.39. The van der Waals surface area contributed by atoms with Crippen LogP contribution in [0.15, 0.2) is 60.7 Å². The van der Waals surface area contributed by atoms with Crippen molar-refractivity contribution < 1.29 is 24.1 Å². The van der Waals surface area contributed by atoms with Crippen LogP contribution in [0.25, 0.3) is 10.8 Å². The molecule has 0 aliphatic rings. The van der Waals surface area contributed by atoms with E-state index in [1.807, 2.05) is 67.6 Å². The van der Waals surface area contributed by atoms with Crippen molar-refractivity contribution in [1.29, 1.82) is 0 Å². The molecule has 3 aromatic carbocycles. The predicted octanol–water partition coefficient (Wildman–Crippen LogP) is 4.71. The molecule has 0 aromatic heterocycles. The van der Waals surface area contributed by atoms with E-state index >= 15 is 0 Å². The third-order valence-corrected chi connectivity index (χ3v) is 4.33. The third-order valence-electron chi connectivity index (χ3n) is 4.33. The number of carbonyl (C=O) groups is 1. The number of aliphatic carboxylic acids is 1. The lowest BCUT2D eigenvalue weighted by molar-refractivity contribution is -0.136. The molecule has 3 aromatic rings. The maximum atomic E-state index is 11.0. The first-order chi connectivity index (χ1) is 13.7. The minimum absolute atomic E-state index is 0.0581. The molecule has 0 saturated carbocycles. The first kappa shape index (κ1) is 19.5. The lowest BCUT2D eigenvalue weighted by Gasteiger charge is -2.15. The van der Waals surface area contributed by atoms with Crippen molar-refractivity contribution in [3.05, 3.63) is 66.2 Å². The van der Waals surface area contributed by atoms with E-state index in [4.69, 9.17) is 19.3 Å². The van der Waals surface area contributed by atoms with Gasteiger partial charge in [0.15, 0.2) is 11.5 Å². The molecular formula is C23H24O5. The van der Waals surface area contributed by atoms with Crippen molar-refractivity contribution in [1.82, 2.24) is 0 Å². The Bertz CT molecular complexity index is 935. The number of carboxylic acid groups (broad SMARTS) is 1. The lowest BCUT2D eigenvalue weighted by Crippen LogP contribution is -2.11. The summed E-state index contributed by atoms with van der Waals surface area (Å²) in [5, 5.41) is 11.2. The normalized spacial score (nSPS) is 10.6. The SMILES string of the molecule is CCOc1ccccc1OCCOc1ccc2ccccc2c1CCC(=O)O. The van der Waals surface area contributed by atoms with Gasteiger partial charge in [0.1, 0.15) is 19.0 Å². The van der Waals surface area contributed by atoms with Crippen molar-refractivity contribution in [2.24, 2.45) is 0 Å². The average Bonchev–Trinajstić information content (AvgIpc) is 2.71. The Morgan fingerprint density at radius 2 is 1.46 bits per heavy atom. The zero-order valence-corrected chi connectivity index (χ0v) is 15.9. The average molecular weight is 380 g/mol. The highest BCUT2D eigenvalue weighted by molar-refractivity contribution is 5.88. The van der Waals surface area contributed by atoms with Crippen molar-refractivity contribution in [2.45, 2.75) is 19.8 Å². The Labute approximate surface area is 164 Å². The van der Waals surface area contributed by atoms with Crippen LogP contribution in [0.3, 0.4) is 0 Å². The number of hydrogen-bond donors (Lipinski definition) is 1. The summed E-state index contributed by atoms with van der Waals surface area (Å²) in [5.74, 6) is 1.26. The molecule has 0 amide bonds. The summed E-state index contributed by atoms with van der Waals surface area (Å²) in [6.07, 6.45) is 0.475. The molecule has 146 valence electrons. The summed E-state index contributed by atoms with van der Waals surface area (Å²) in [5.41, 5.74) is 0.912. The smallest absolute Gasteiger partial charge is 0.303 e. The maximum Gasteiger partial charge on any atom is 0.303 e. The number of aryl methyl sites for hydroxylation is 1. The molecule has 28 heavy (non-hydrogen) atoms. The second-order valence-electron chi connectivity index (χ2n) is 6.23. The predicted molar refractivity (Wildman–Crippen MR) is 109 cm³/mol. The number of para-hydroxylation sites is 2. The van der Waals surface area contributed by atoms with Gasteiger partial charge in [-0.15, -0.1) is 0 Å². The van der Waals surface area contributed by atoms with Gasteiger partial charge in [-0.2, -0.15) is 0 Å². The summed E-state index contributed by atoms with van der Waals surface area (Å²) >= 11 is 0. The summed E-state index contributed by atoms with van der Waals surface area (Å²) in [4.78, 5) is 11.0. The van der Waals surface area contributed by atoms with Crippen LogP contribution in [0.5, 0.6) is 17.2 Å². The van der Waals surface area contributed by atoms with Gasteiger partial charge in [-0.1, -0.05) is 42.5 Å². The van der Waals surface area contributed by atoms with E-state index < -0.39 is 5.97 Å². The molecule has 0 spiro atoms. The molecule has 5 heteroatoms. The monoisotopic (exact) mass is 380 g/mol. The van der Waals surface area contributed by atoms with Crippen LogP contribution in [0.4, 0.5) is 0 Å². The minimum atomic E-state index is -0.824. The number of benzene rings is 3. The van der Waals surface area contributed by atoms with E-state index in [0.29, 0.717) is 43.5 Å². The van der Waals surface area contributed by atoms with Crippen LogP contribution >= 0.6 is 0 Å². The van der Waals surface area contributed by atoms with Crippen LogP contribution in [0, 0.1) is 0 Å². The van der Waals surface area contributed by atoms with E-state index in [1.54, 1.807) is 0 Å². The number of rotatable bonds is 10. The Hall–Kier alpha value is -3.21. The summed E-state index contributed by atoms with van der Waals surface area (Å²) in [6.45, 7) is 3.20. The molecule has 0 fully saturated rings. The number of ether oxygens (including phenoxy) is 3. The van der Waals surface area contributed by atoms with Crippen LogP contribution in [-0.4, -0.2) is 30.9 Å². The van der Waals surface area contributed by atoms with Gasteiger partial charge in [0.25, 0.3) is 0 Å². The summed E-state index contributed by atoms with van der Waals surface area (Å²) < 4.78 is 17.3. The van der Waals surface area contributed by atoms with Crippen molar-refractivity contribution in [3.8, 4) is 17.2 Å². The van der Waals surface area contributed by atoms with Crippen molar-refractivity contribution in [2.75, 3.05) is 19.8 Å². The van der Waals surface area contributed by atoms with E-state index in [1.165, 1.54) is 0 Å². The van der Waals surface area contributed by atoms with Gasteiger partial charge < -0.3 is 19.3 Å². The standard InChI is InChI=1S/C23H24O5/c1-2-26-21-9-5-6-10-22(21)28-16-15-27-20-13-11-17-7-3-4-8-18(17)19(20)12-14-23(24)25/h3-11,13H,2,12,14-16H2,1H3,(H,24,25). The summed E-state index contributed by atoms with van der Waals surface area (Å²) in [7, 11) is 0. The van der Waals surface area contributed by atoms with Gasteiger partial charge in [-0.05, 0) is 42.3 Å². The van der Waals surface area contributed by atoms with Crippen LogP contribution < -0.4 is 14.2 Å².